The number of esters is 1. The van der Waals surface area contributed by atoms with Gasteiger partial charge in [0.1, 0.15) is 5.82 Å². The number of aryl methyl sites for hydroxylation is 1. The van der Waals surface area contributed by atoms with Crippen molar-refractivity contribution in [2.45, 2.75) is 45.1 Å². The first-order valence-corrected chi connectivity index (χ1v) is 6.13. The third-order valence-electron chi connectivity index (χ3n) is 3.47. The van der Waals surface area contributed by atoms with Gasteiger partial charge in [-0.2, -0.15) is 5.10 Å². The van der Waals surface area contributed by atoms with Gasteiger partial charge in [-0.05, 0) is 25.7 Å². The Morgan fingerprint density at radius 1 is 1.53 bits per heavy atom. The van der Waals surface area contributed by atoms with Gasteiger partial charge in [0.05, 0.1) is 7.11 Å². The number of nitrogens with two attached hydrogens (primary N) is 1. The highest BCUT2D eigenvalue weighted by molar-refractivity contribution is 5.90. The van der Waals surface area contributed by atoms with E-state index in [0.29, 0.717) is 24.0 Å². The van der Waals surface area contributed by atoms with E-state index in [1.54, 1.807) is 4.68 Å². The molecule has 0 radical (unpaired) electrons. The standard InChI is InChI=1S/C12H19N3O2/c1-3-15-11(13)9(8-6-4-5-7-8)10(14-15)12(16)17-2/h8H,3-7,13H2,1-2H3. The fourth-order valence-electron chi connectivity index (χ4n) is 2.59. The van der Waals surface area contributed by atoms with E-state index in [1.807, 2.05) is 6.92 Å². The summed E-state index contributed by atoms with van der Waals surface area (Å²) in [6.07, 6.45) is 4.57. The molecule has 0 aromatic carbocycles. The van der Waals surface area contributed by atoms with Crippen LogP contribution in [0.3, 0.4) is 0 Å². The molecule has 0 bridgehead atoms. The van der Waals surface area contributed by atoms with Crippen molar-refractivity contribution in [1.82, 2.24) is 9.78 Å². The van der Waals surface area contributed by atoms with Gasteiger partial charge in [-0.25, -0.2) is 9.48 Å². The quantitative estimate of drug-likeness (QED) is 0.815. The average molecular weight is 237 g/mol. The molecule has 1 heterocycles. The van der Waals surface area contributed by atoms with Gasteiger partial charge in [-0.3, -0.25) is 0 Å². The summed E-state index contributed by atoms with van der Waals surface area (Å²) in [6, 6.07) is 0. The molecule has 1 fully saturated rings. The molecule has 1 saturated carbocycles. The fourth-order valence-corrected chi connectivity index (χ4v) is 2.59. The molecular formula is C12H19N3O2. The van der Waals surface area contributed by atoms with Gasteiger partial charge in [0, 0.05) is 12.1 Å². The third-order valence-corrected chi connectivity index (χ3v) is 3.47. The van der Waals surface area contributed by atoms with Crippen LogP contribution < -0.4 is 5.73 Å². The summed E-state index contributed by atoms with van der Waals surface area (Å²) < 4.78 is 6.46. The Bertz CT molecular complexity index is 420. The lowest BCUT2D eigenvalue weighted by Gasteiger charge is -2.09. The summed E-state index contributed by atoms with van der Waals surface area (Å²) in [5.74, 6) is 0.606. The molecule has 5 heteroatoms. The molecule has 0 aliphatic heterocycles. The van der Waals surface area contributed by atoms with Crippen LogP contribution in [-0.2, 0) is 11.3 Å². The van der Waals surface area contributed by atoms with E-state index in [0.717, 1.165) is 18.4 Å². The lowest BCUT2D eigenvalue weighted by Crippen LogP contribution is -2.08. The number of hydrogen-bond acceptors (Lipinski definition) is 4. The number of ether oxygens (including phenoxy) is 1. The summed E-state index contributed by atoms with van der Waals surface area (Å²) in [4.78, 5) is 11.7. The molecule has 1 aliphatic carbocycles. The number of hydrogen-bond donors (Lipinski definition) is 1. The maximum Gasteiger partial charge on any atom is 0.358 e. The first kappa shape index (κ1) is 12.0. The molecule has 2 N–H and O–H groups in total. The van der Waals surface area contributed by atoms with Gasteiger partial charge in [-0.15, -0.1) is 0 Å². The Kier molecular flexibility index (Phi) is 3.36. The first-order chi connectivity index (χ1) is 8.19. The van der Waals surface area contributed by atoms with Crippen molar-refractivity contribution in [1.29, 1.82) is 0 Å². The van der Waals surface area contributed by atoms with Crippen LogP contribution in [0.25, 0.3) is 0 Å². The molecule has 17 heavy (non-hydrogen) atoms. The van der Waals surface area contributed by atoms with E-state index >= 15 is 0 Å². The lowest BCUT2D eigenvalue weighted by molar-refractivity contribution is 0.0591. The molecule has 0 atom stereocenters. The maximum absolute atomic E-state index is 11.7. The molecule has 94 valence electrons. The summed E-state index contributed by atoms with van der Waals surface area (Å²) >= 11 is 0. The number of carbonyl (C=O) groups is 1. The number of aromatic nitrogens is 2. The SMILES string of the molecule is CCn1nc(C(=O)OC)c(C2CCCC2)c1N. The second-order valence-corrected chi connectivity index (χ2v) is 4.44. The van der Waals surface area contributed by atoms with E-state index in [1.165, 1.54) is 20.0 Å². The molecule has 5 nitrogen and oxygen atoms in total. The molecule has 2 rings (SSSR count). The molecule has 1 aliphatic rings. The van der Waals surface area contributed by atoms with Crippen molar-refractivity contribution in [2.24, 2.45) is 0 Å². The third kappa shape index (κ3) is 2.01. The summed E-state index contributed by atoms with van der Waals surface area (Å²) in [5, 5.41) is 4.26. The molecule has 0 amide bonds. The first-order valence-electron chi connectivity index (χ1n) is 6.13. The van der Waals surface area contributed by atoms with E-state index in [9.17, 15) is 4.79 Å². The van der Waals surface area contributed by atoms with Crippen molar-refractivity contribution in [3.63, 3.8) is 0 Å². The number of nitrogens with zero attached hydrogens (tertiary/aromatic N) is 2. The van der Waals surface area contributed by atoms with Crippen molar-refractivity contribution >= 4 is 11.8 Å². The van der Waals surface area contributed by atoms with Crippen molar-refractivity contribution in [3.05, 3.63) is 11.3 Å². The highest BCUT2D eigenvalue weighted by atomic mass is 16.5. The molecule has 1 aromatic rings. The summed E-state index contributed by atoms with van der Waals surface area (Å²) in [5.41, 5.74) is 7.38. The minimum Gasteiger partial charge on any atom is -0.464 e. The van der Waals surface area contributed by atoms with E-state index in [2.05, 4.69) is 5.10 Å². The number of anilines is 1. The smallest absolute Gasteiger partial charge is 0.358 e. The monoisotopic (exact) mass is 237 g/mol. The Balaban J connectivity index is 2.45. The van der Waals surface area contributed by atoms with E-state index < -0.39 is 0 Å². The molecular weight excluding hydrogens is 218 g/mol. The van der Waals surface area contributed by atoms with Crippen LogP contribution in [0.15, 0.2) is 0 Å². The predicted octanol–water partition coefficient (Wildman–Crippen LogP) is 1.93. The van der Waals surface area contributed by atoms with Crippen molar-refractivity contribution in [3.8, 4) is 0 Å². The lowest BCUT2D eigenvalue weighted by atomic mass is 9.97. The average Bonchev–Trinajstić information content (AvgIpc) is 2.95. The van der Waals surface area contributed by atoms with Crippen molar-refractivity contribution < 1.29 is 9.53 Å². The van der Waals surface area contributed by atoms with E-state index in [-0.39, 0.29) is 5.97 Å². The zero-order valence-corrected chi connectivity index (χ0v) is 10.4. The molecule has 0 saturated heterocycles. The van der Waals surface area contributed by atoms with Gasteiger partial charge in [0.2, 0.25) is 0 Å². The Morgan fingerprint density at radius 2 is 2.18 bits per heavy atom. The van der Waals surface area contributed by atoms with Gasteiger partial charge in [-0.1, -0.05) is 12.8 Å². The van der Waals surface area contributed by atoms with Crippen LogP contribution in [0.4, 0.5) is 5.82 Å². The van der Waals surface area contributed by atoms with Crippen LogP contribution in [0, 0.1) is 0 Å². The van der Waals surface area contributed by atoms with Gasteiger partial charge >= 0.3 is 5.97 Å². The highest BCUT2D eigenvalue weighted by Crippen LogP contribution is 2.38. The Labute approximate surface area is 101 Å². The molecule has 0 unspecified atom stereocenters. The van der Waals surface area contributed by atoms with E-state index in [4.69, 9.17) is 10.5 Å². The fraction of sp³-hybridized carbons (Fsp3) is 0.667. The second kappa shape index (κ2) is 4.77. The zero-order chi connectivity index (χ0) is 12.4. The van der Waals surface area contributed by atoms with Gasteiger partial charge < -0.3 is 10.5 Å². The maximum atomic E-state index is 11.7. The van der Waals surface area contributed by atoms with Crippen LogP contribution in [0.1, 0.15) is 54.6 Å². The zero-order valence-electron chi connectivity index (χ0n) is 10.4. The Hall–Kier alpha value is -1.52. The number of rotatable bonds is 3. The van der Waals surface area contributed by atoms with Crippen LogP contribution in [-0.4, -0.2) is 22.9 Å². The number of methoxy groups -OCH3 is 1. The largest absolute Gasteiger partial charge is 0.464 e. The van der Waals surface area contributed by atoms with Crippen molar-refractivity contribution in [2.75, 3.05) is 12.8 Å². The second-order valence-electron chi connectivity index (χ2n) is 4.44. The Morgan fingerprint density at radius 3 is 2.71 bits per heavy atom. The van der Waals surface area contributed by atoms with Gasteiger partial charge in [0.25, 0.3) is 0 Å². The normalized spacial score (nSPS) is 16.4. The molecule has 1 aromatic heterocycles. The topological polar surface area (TPSA) is 70.1 Å². The number of nitrogen functional groups attached to an aromatic ring is 1. The minimum atomic E-state index is -0.384. The summed E-state index contributed by atoms with van der Waals surface area (Å²) in [6.45, 7) is 2.63. The highest BCUT2D eigenvalue weighted by Gasteiger charge is 2.29. The van der Waals surface area contributed by atoms with Crippen LogP contribution >= 0.6 is 0 Å². The number of carbonyl (C=O) groups excluding carboxylic acids is 1. The predicted molar refractivity (Wildman–Crippen MR) is 64.9 cm³/mol. The minimum absolute atomic E-state index is 0.365. The van der Waals surface area contributed by atoms with Gasteiger partial charge in [0.15, 0.2) is 5.69 Å². The van der Waals surface area contributed by atoms with Crippen LogP contribution in [0.2, 0.25) is 0 Å². The summed E-state index contributed by atoms with van der Waals surface area (Å²) in [7, 11) is 1.38. The molecule has 0 spiro atoms. The van der Waals surface area contributed by atoms with Crippen LogP contribution in [0.5, 0.6) is 0 Å².